The van der Waals surface area contributed by atoms with Gasteiger partial charge in [0.25, 0.3) is 0 Å². The fraction of sp³-hybridized carbons (Fsp3) is 0.308. The predicted molar refractivity (Wildman–Crippen MR) is 65.3 cm³/mol. The third kappa shape index (κ3) is 2.73. The first-order valence-electron chi connectivity index (χ1n) is 5.12. The minimum atomic E-state index is -0.457. The van der Waals surface area contributed by atoms with E-state index < -0.39 is 5.78 Å². The van der Waals surface area contributed by atoms with E-state index >= 15 is 0 Å². The maximum absolute atomic E-state index is 11.8. The number of benzene rings is 1. The second-order valence-electron chi connectivity index (χ2n) is 3.17. The van der Waals surface area contributed by atoms with Crippen LogP contribution in [0.1, 0.15) is 10.4 Å². The molecule has 1 rings (SSSR count). The van der Waals surface area contributed by atoms with Gasteiger partial charge in [0.05, 0.1) is 26.9 Å². The van der Waals surface area contributed by atoms with Crippen LogP contribution < -0.4 is 14.2 Å². The summed E-state index contributed by atoms with van der Waals surface area (Å²) in [6.07, 6.45) is 0. The van der Waals surface area contributed by atoms with Crippen LogP contribution >= 0.6 is 0 Å². The molecule has 0 radical (unpaired) electrons. The van der Waals surface area contributed by atoms with Crippen LogP contribution in [0.15, 0.2) is 12.1 Å². The van der Waals surface area contributed by atoms with Crippen LogP contribution in [0, 0.1) is 11.8 Å². The van der Waals surface area contributed by atoms with Gasteiger partial charge < -0.3 is 19.3 Å². The number of aliphatic hydroxyl groups is 1. The number of hydrogen-bond donors (Lipinski definition) is 1. The van der Waals surface area contributed by atoms with E-state index in [2.05, 4.69) is 11.8 Å². The number of carbonyl (C=O) groups is 1. The highest BCUT2D eigenvalue weighted by Crippen LogP contribution is 2.39. The van der Waals surface area contributed by atoms with Gasteiger partial charge in [-0.15, -0.1) is 0 Å². The van der Waals surface area contributed by atoms with Gasteiger partial charge in [-0.25, -0.2) is 0 Å². The number of ketones is 1. The lowest BCUT2D eigenvalue weighted by Gasteiger charge is -2.13. The van der Waals surface area contributed by atoms with Crippen molar-refractivity contribution in [2.24, 2.45) is 0 Å². The van der Waals surface area contributed by atoms with Gasteiger partial charge in [0.1, 0.15) is 6.61 Å². The lowest BCUT2D eigenvalue weighted by Crippen LogP contribution is -2.03. The Morgan fingerprint density at radius 3 is 2.33 bits per heavy atom. The second-order valence-corrected chi connectivity index (χ2v) is 3.17. The van der Waals surface area contributed by atoms with E-state index in [9.17, 15) is 4.79 Å². The molecule has 1 aromatic rings. The smallest absolute Gasteiger partial charge is 0.239 e. The summed E-state index contributed by atoms with van der Waals surface area (Å²) in [5.74, 6) is 5.18. The Bertz CT molecular complexity index is 496. The van der Waals surface area contributed by atoms with Gasteiger partial charge in [-0.1, -0.05) is 5.92 Å². The molecule has 1 N–H and O–H groups in total. The Hall–Kier alpha value is -2.19. The topological polar surface area (TPSA) is 65.0 Å². The van der Waals surface area contributed by atoms with E-state index in [1.54, 1.807) is 6.07 Å². The summed E-state index contributed by atoms with van der Waals surface area (Å²) in [6.45, 7) is -0.374. The average Bonchev–Trinajstić information content (AvgIpc) is 2.42. The number of rotatable bonds is 4. The first-order valence-corrected chi connectivity index (χ1v) is 5.12. The fourth-order valence-electron chi connectivity index (χ4n) is 1.47. The Kier molecular flexibility index (Phi) is 5.03. The van der Waals surface area contributed by atoms with Gasteiger partial charge in [0, 0.05) is 0 Å². The monoisotopic (exact) mass is 250 g/mol. The number of ether oxygens (including phenoxy) is 3. The molecule has 0 heterocycles. The zero-order valence-corrected chi connectivity index (χ0v) is 10.4. The molecule has 0 unspecified atom stereocenters. The van der Waals surface area contributed by atoms with Crippen LogP contribution in [-0.2, 0) is 0 Å². The molecular weight excluding hydrogens is 236 g/mol. The maximum Gasteiger partial charge on any atom is 0.239 e. The summed E-state index contributed by atoms with van der Waals surface area (Å²) in [4.78, 5) is 11.8. The van der Waals surface area contributed by atoms with Gasteiger partial charge in [0.2, 0.25) is 11.5 Å². The zero-order chi connectivity index (χ0) is 13.5. The summed E-state index contributed by atoms with van der Waals surface area (Å²) in [6, 6.07) is 3.13. The second kappa shape index (κ2) is 6.52. The van der Waals surface area contributed by atoms with E-state index in [1.807, 2.05) is 0 Å². The number of methoxy groups -OCH3 is 3. The molecule has 1 aromatic carbocycles. The molecule has 0 saturated carbocycles. The van der Waals surface area contributed by atoms with Crippen molar-refractivity contribution in [3.05, 3.63) is 17.7 Å². The van der Waals surface area contributed by atoms with Crippen LogP contribution in [0.5, 0.6) is 17.2 Å². The first-order chi connectivity index (χ1) is 8.69. The molecule has 18 heavy (non-hydrogen) atoms. The SMILES string of the molecule is COc1ccc(C(=O)C#CCO)c(OC)c1OC. The third-order valence-electron chi connectivity index (χ3n) is 2.23. The summed E-state index contributed by atoms with van der Waals surface area (Å²) in [5.41, 5.74) is 0.260. The molecule has 0 aromatic heterocycles. The van der Waals surface area contributed by atoms with Gasteiger partial charge >= 0.3 is 0 Å². The van der Waals surface area contributed by atoms with Crippen molar-refractivity contribution >= 4 is 5.78 Å². The van der Waals surface area contributed by atoms with Crippen LogP contribution in [0.2, 0.25) is 0 Å². The standard InChI is InChI=1S/C13H14O5/c1-16-11-7-6-9(10(15)5-4-8-14)12(17-2)13(11)18-3/h6-7,14H,8H2,1-3H3. The molecular formula is C13H14O5. The highest BCUT2D eigenvalue weighted by atomic mass is 16.5. The molecule has 0 aliphatic heterocycles. The molecule has 0 bridgehead atoms. The minimum Gasteiger partial charge on any atom is -0.493 e. The first kappa shape index (κ1) is 13.9. The van der Waals surface area contributed by atoms with Crippen LogP contribution in [0.25, 0.3) is 0 Å². The van der Waals surface area contributed by atoms with Gasteiger partial charge in [-0.3, -0.25) is 4.79 Å². The summed E-state index contributed by atoms with van der Waals surface area (Å²) >= 11 is 0. The summed E-state index contributed by atoms with van der Waals surface area (Å²) < 4.78 is 15.4. The summed E-state index contributed by atoms with van der Waals surface area (Å²) in [5, 5.41) is 8.57. The number of carbonyl (C=O) groups excluding carboxylic acids is 1. The largest absolute Gasteiger partial charge is 0.493 e. The van der Waals surface area contributed by atoms with E-state index in [0.717, 1.165) is 0 Å². The molecule has 0 fully saturated rings. The summed E-state index contributed by atoms with van der Waals surface area (Å²) in [7, 11) is 4.37. The molecule has 96 valence electrons. The third-order valence-corrected chi connectivity index (χ3v) is 2.23. The van der Waals surface area contributed by atoms with Crippen LogP contribution in [-0.4, -0.2) is 38.8 Å². The highest BCUT2D eigenvalue weighted by molar-refractivity contribution is 6.11. The van der Waals surface area contributed by atoms with Crippen LogP contribution in [0.3, 0.4) is 0 Å². The Balaban J connectivity index is 3.33. The molecule has 0 spiro atoms. The van der Waals surface area contributed by atoms with Crippen molar-refractivity contribution in [2.75, 3.05) is 27.9 Å². The van der Waals surface area contributed by atoms with Crippen LogP contribution in [0.4, 0.5) is 0 Å². The number of aliphatic hydroxyl groups excluding tert-OH is 1. The van der Waals surface area contributed by atoms with E-state index in [4.69, 9.17) is 19.3 Å². The Morgan fingerprint density at radius 1 is 1.17 bits per heavy atom. The molecule has 5 heteroatoms. The van der Waals surface area contributed by atoms with Crippen molar-refractivity contribution < 1.29 is 24.1 Å². The average molecular weight is 250 g/mol. The van der Waals surface area contributed by atoms with Gasteiger partial charge in [-0.05, 0) is 18.1 Å². The van der Waals surface area contributed by atoms with Crippen molar-refractivity contribution in [1.29, 1.82) is 0 Å². The van der Waals surface area contributed by atoms with Gasteiger partial charge in [-0.2, -0.15) is 0 Å². The van der Waals surface area contributed by atoms with Crippen molar-refractivity contribution in [3.8, 4) is 29.1 Å². The molecule has 0 aliphatic carbocycles. The van der Waals surface area contributed by atoms with Gasteiger partial charge in [0.15, 0.2) is 11.5 Å². The highest BCUT2D eigenvalue weighted by Gasteiger charge is 2.19. The number of Topliss-reactive ketones (excluding diaryl/α,β-unsaturated/α-hetero) is 1. The minimum absolute atomic E-state index is 0.258. The lowest BCUT2D eigenvalue weighted by molar-refractivity contribution is 0.105. The Labute approximate surface area is 105 Å². The van der Waals surface area contributed by atoms with Crippen molar-refractivity contribution in [3.63, 3.8) is 0 Å². The Morgan fingerprint density at radius 2 is 1.83 bits per heavy atom. The van der Waals surface area contributed by atoms with Crippen molar-refractivity contribution in [1.82, 2.24) is 0 Å². The quantitative estimate of drug-likeness (QED) is 0.488. The number of hydrogen-bond acceptors (Lipinski definition) is 5. The fourth-order valence-corrected chi connectivity index (χ4v) is 1.47. The van der Waals surface area contributed by atoms with E-state index in [-0.39, 0.29) is 17.9 Å². The molecule has 0 atom stereocenters. The van der Waals surface area contributed by atoms with E-state index in [1.165, 1.54) is 27.4 Å². The maximum atomic E-state index is 11.8. The zero-order valence-electron chi connectivity index (χ0n) is 10.4. The predicted octanol–water partition coefficient (Wildman–Crippen LogP) is 0.891. The molecule has 0 amide bonds. The lowest BCUT2D eigenvalue weighted by atomic mass is 10.1. The van der Waals surface area contributed by atoms with E-state index in [0.29, 0.717) is 11.5 Å². The van der Waals surface area contributed by atoms with Crippen molar-refractivity contribution in [2.45, 2.75) is 0 Å². The molecule has 0 saturated heterocycles. The molecule has 5 nitrogen and oxygen atoms in total. The molecule has 0 aliphatic rings. The normalized spacial score (nSPS) is 9.11.